The summed E-state index contributed by atoms with van der Waals surface area (Å²) in [6.07, 6.45) is 1.86. The van der Waals surface area contributed by atoms with Crippen molar-refractivity contribution in [3.05, 3.63) is 224 Å². The van der Waals surface area contributed by atoms with Crippen molar-refractivity contribution in [3.8, 4) is 89.7 Å². The van der Waals surface area contributed by atoms with Crippen LogP contribution in [0.2, 0.25) is 0 Å². The number of nitrogens with zero attached hydrogens (tertiary/aromatic N) is 3. The Kier molecular flexibility index (Phi) is 10.6. The number of hydrogen-bond acceptors (Lipinski definition) is 3. The molecule has 0 bridgehead atoms. The molecule has 2 heterocycles. The molecule has 0 aliphatic rings. The van der Waals surface area contributed by atoms with E-state index in [9.17, 15) is 0 Å². The molecule has 306 valence electrons. The molecular formula is C58H43N3OPt. The molecule has 4 nitrogen and oxygen atoms in total. The third-order valence-corrected chi connectivity index (χ3v) is 11.4. The van der Waals surface area contributed by atoms with Crippen molar-refractivity contribution in [1.82, 2.24) is 14.5 Å². The van der Waals surface area contributed by atoms with Crippen molar-refractivity contribution >= 4 is 11.0 Å². The average molecular weight is 996 g/mol. The molecule has 0 aliphatic heterocycles. The zero-order valence-corrected chi connectivity index (χ0v) is 37.0. The van der Waals surface area contributed by atoms with E-state index in [1.54, 1.807) is 12.1 Å². The summed E-state index contributed by atoms with van der Waals surface area (Å²) >= 11 is 0. The third-order valence-electron chi connectivity index (χ3n) is 11.4. The van der Waals surface area contributed by atoms with Crippen LogP contribution in [-0.2, 0) is 21.1 Å². The molecule has 8 aromatic carbocycles. The van der Waals surface area contributed by atoms with Gasteiger partial charge in [0.2, 0.25) is 0 Å². The summed E-state index contributed by atoms with van der Waals surface area (Å²) in [7, 11) is 3.85. The van der Waals surface area contributed by atoms with Gasteiger partial charge in [-0.15, -0.1) is 23.8 Å². The summed E-state index contributed by atoms with van der Waals surface area (Å²) in [6.45, 7) is 1.66. The first kappa shape index (κ1) is 37.6. The van der Waals surface area contributed by atoms with Gasteiger partial charge in [-0.2, -0.15) is 7.11 Å². The van der Waals surface area contributed by atoms with Gasteiger partial charge in [0.25, 0.3) is 0 Å². The van der Waals surface area contributed by atoms with E-state index in [-0.39, 0.29) is 26.6 Å². The van der Waals surface area contributed by atoms with Gasteiger partial charge >= 0.3 is 21.1 Å². The molecule has 0 aliphatic carbocycles. The van der Waals surface area contributed by atoms with Crippen LogP contribution >= 0.6 is 0 Å². The van der Waals surface area contributed by atoms with Gasteiger partial charge in [-0.1, -0.05) is 162 Å². The Hall–Kier alpha value is -7.13. The number of imidazole rings is 1. The van der Waals surface area contributed by atoms with Crippen molar-refractivity contribution in [1.29, 1.82) is 0 Å². The fraction of sp³-hybridized carbons (Fsp3) is 0.0517. The smallest absolute Gasteiger partial charge is 0.665 e. The topological polar surface area (TPSA) is 39.9 Å². The molecule has 2 aromatic heterocycles. The Morgan fingerprint density at radius 3 is 1.79 bits per heavy atom. The molecule has 0 amide bonds. The van der Waals surface area contributed by atoms with Crippen LogP contribution in [0.4, 0.5) is 0 Å². The zero-order chi connectivity index (χ0) is 44.7. The van der Waals surface area contributed by atoms with E-state index < -0.39 is 6.85 Å². The minimum atomic E-state index is -2.37. The van der Waals surface area contributed by atoms with Crippen molar-refractivity contribution in [2.75, 3.05) is 0 Å². The van der Waals surface area contributed by atoms with Gasteiger partial charge in [0.05, 0.1) is 22.3 Å². The van der Waals surface area contributed by atoms with E-state index in [4.69, 9.17) is 18.8 Å². The first-order valence-electron chi connectivity index (χ1n) is 22.1. The summed E-state index contributed by atoms with van der Waals surface area (Å²) in [4.78, 5) is 10.4. The second-order valence-electron chi connectivity index (χ2n) is 15.6. The molecule has 0 saturated heterocycles. The van der Waals surface area contributed by atoms with Crippen molar-refractivity contribution in [3.63, 3.8) is 0 Å². The maximum absolute atomic E-state index is 8.56. The molecule has 0 atom stereocenters. The molecule has 0 fully saturated rings. The van der Waals surface area contributed by atoms with Crippen LogP contribution in [0.3, 0.4) is 0 Å². The predicted molar refractivity (Wildman–Crippen MR) is 256 cm³/mol. The third kappa shape index (κ3) is 8.19. The van der Waals surface area contributed by atoms with Crippen LogP contribution in [0.5, 0.6) is 5.75 Å². The minimum Gasteiger partial charge on any atom is -0.665 e. The number of aromatic nitrogens is 3. The molecule has 63 heavy (non-hydrogen) atoms. The fourth-order valence-corrected chi connectivity index (χ4v) is 8.50. The van der Waals surface area contributed by atoms with E-state index in [2.05, 4.69) is 104 Å². The Morgan fingerprint density at radius 2 is 1.14 bits per heavy atom. The number of para-hydroxylation sites is 1. The second kappa shape index (κ2) is 17.7. The number of pyridine rings is 1. The standard InChI is InChI=1S/C58H43N3O.Pt/c1-38-29-40(3)57(62-4)53(32-38)58-60-56-52(21-14-22-55(56)61(58)51-31-39(2)30-47(36-51)42-17-10-6-11-18-42)49-33-48(43-19-12-7-13-20-43)34-50(35-49)54-37-46(27-28-59-54)45-25-23-44(24-26-45)41-15-8-5-9-16-41;/h5-34,36-37H,4H2,1-3H3;/q-2;+2/i2D3;. The largest absolute Gasteiger partial charge is 2.00 e. The van der Waals surface area contributed by atoms with Gasteiger partial charge in [-0.25, -0.2) is 4.98 Å². The molecule has 0 N–H and O–H groups in total. The number of aryl methyl sites for hydroxylation is 3. The number of fused-ring (bicyclic) bond motifs is 1. The first-order valence-corrected chi connectivity index (χ1v) is 20.6. The molecule has 10 rings (SSSR count). The maximum Gasteiger partial charge on any atom is 2.00 e. The zero-order valence-electron chi connectivity index (χ0n) is 37.7. The number of hydrogen-bond donors (Lipinski definition) is 0. The summed E-state index contributed by atoms with van der Waals surface area (Å²) in [5.74, 6) is 1.18. The van der Waals surface area contributed by atoms with E-state index in [1.165, 1.54) is 5.56 Å². The Morgan fingerprint density at radius 1 is 0.540 bits per heavy atom. The van der Waals surface area contributed by atoms with E-state index in [0.717, 1.165) is 83.5 Å². The number of benzene rings is 8. The average Bonchev–Trinajstić information content (AvgIpc) is 3.74. The van der Waals surface area contributed by atoms with Crippen molar-refractivity contribution in [2.45, 2.75) is 20.7 Å². The second-order valence-corrected chi connectivity index (χ2v) is 15.6. The Labute approximate surface area is 388 Å². The van der Waals surface area contributed by atoms with Crippen molar-refractivity contribution < 1.29 is 29.9 Å². The van der Waals surface area contributed by atoms with Gasteiger partial charge in [0.15, 0.2) is 0 Å². The number of rotatable bonds is 9. The summed E-state index contributed by atoms with van der Waals surface area (Å²) in [5, 5.41) is 0. The van der Waals surface area contributed by atoms with Gasteiger partial charge in [-0.3, -0.25) is 9.55 Å². The number of ether oxygens (including phenoxy) is 1. The Balaban J connectivity index is 0.00000548. The molecule has 5 heteroatoms. The normalized spacial score (nSPS) is 12.0. The van der Waals surface area contributed by atoms with Crippen LogP contribution in [0.1, 0.15) is 20.8 Å². The first-order chi connectivity index (χ1) is 31.6. The van der Waals surface area contributed by atoms with E-state index in [1.807, 2.05) is 110 Å². The minimum absolute atomic E-state index is 0. The van der Waals surface area contributed by atoms with Crippen molar-refractivity contribution in [2.24, 2.45) is 0 Å². The fourth-order valence-electron chi connectivity index (χ4n) is 8.50. The summed E-state index contributed by atoms with van der Waals surface area (Å²) in [5.41, 5.74) is 16.6. The molecule has 0 saturated carbocycles. The van der Waals surface area contributed by atoms with Gasteiger partial charge in [0, 0.05) is 21.7 Å². The van der Waals surface area contributed by atoms with Gasteiger partial charge in [-0.05, 0) is 107 Å². The molecule has 10 aromatic rings. The van der Waals surface area contributed by atoms with Crippen LogP contribution in [0.25, 0.3) is 95.0 Å². The van der Waals surface area contributed by atoms with Gasteiger partial charge < -0.3 is 4.74 Å². The quantitative estimate of drug-likeness (QED) is 0.135. The molecular weight excluding hydrogens is 950 g/mol. The maximum atomic E-state index is 8.56. The molecule has 0 unspecified atom stereocenters. The van der Waals surface area contributed by atoms with Crippen LogP contribution in [-0.4, -0.2) is 14.5 Å². The van der Waals surface area contributed by atoms with E-state index in [0.29, 0.717) is 22.8 Å². The molecule has 0 spiro atoms. The predicted octanol–water partition coefficient (Wildman–Crippen LogP) is 15.0. The Bertz CT molecular complexity index is 3350. The summed E-state index contributed by atoms with van der Waals surface area (Å²) in [6, 6.07) is 67.2. The van der Waals surface area contributed by atoms with E-state index >= 15 is 0 Å². The SMILES string of the molecule is [2H]C([2H])([2H])c1cc(-c2ccccc2)cc(-n2c(-c3cc(C)cc(C)c3O[CH2-])nc3c(-c4[c-]c(-c5cc(-c6ccc(-c7ccccc7)cc6)ccn5)cc(-c5ccccc5)c4)cccc32)c1.[Pt+2]. The van der Waals surface area contributed by atoms with Crippen LogP contribution in [0, 0.1) is 33.9 Å². The van der Waals surface area contributed by atoms with Crippen LogP contribution < -0.4 is 4.74 Å². The van der Waals surface area contributed by atoms with Crippen LogP contribution in [0.15, 0.2) is 194 Å². The monoisotopic (exact) mass is 995 g/mol. The summed E-state index contributed by atoms with van der Waals surface area (Å²) < 4.78 is 33.6. The van der Waals surface area contributed by atoms with Gasteiger partial charge in [0.1, 0.15) is 5.82 Å². The molecule has 0 radical (unpaired) electrons.